The molecule has 14 heteroatoms. The van der Waals surface area contributed by atoms with E-state index in [4.69, 9.17) is 15.5 Å². The topological polar surface area (TPSA) is 128 Å². The number of aromatic nitrogens is 3. The first-order valence-electron chi connectivity index (χ1n) is 17.3. The van der Waals surface area contributed by atoms with Crippen molar-refractivity contribution in [1.29, 1.82) is 5.26 Å². The molecule has 8 rings (SSSR count). The number of nitrogens with two attached hydrogens (primary N) is 1. The Morgan fingerprint density at radius 2 is 1.90 bits per heavy atom. The van der Waals surface area contributed by atoms with Crippen molar-refractivity contribution in [3.05, 3.63) is 47.4 Å². The van der Waals surface area contributed by atoms with Gasteiger partial charge in [-0.3, -0.25) is 9.88 Å². The van der Waals surface area contributed by atoms with Crippen LogP contribution in [-0.2, 0) is 0 Å². The van der Waals surface area contributed by atoms with Gasteiger partial charge in [-0.25, -0.2) is 13.2 Å². The lowest BCUT2D eigenvalue weighted by Crippen LogP contribution is -2.55. The highest BCUT2D eigenvalue weighted by atomic mass is 32.1. The molecule has 6 heterocycles. The Hall–Kier alpha value is -4.03. The summed E-state index contributed by atoms with van der Waals surface area (Å²) < 4.78 is 51.4. The predicted octanol–water partition coefficient (Wildman–Crippen LogP) is 5.78. The number of β-amino-alcohol motifs (C(OH)–C–C–N with tert-alkyl or cyclic N) is 1. The number of pyridine rings is 1. The maximum atomic E-state index is 16.9. The second kappa shape index (κ2) is 12.9. The number of anilines is 2. The molecule has 3 aromatic heterocycles. The van der Waals surface area contributed by atoms with E-state index in [0.29, 0.717) is 24.4 Å². The number of hydrogen-bond donors (Lipinski definition) is 2. The van der Waals surface area contributed by atoms with E-state index in [2.05, 4.69) is 30.7 Å². The van der Waals surface area contributed by atoms with Crippen LogP contribution in [0.5, 0.6) is 6.01 Å². The monoisotopic (exact) mass is 704 g/mol. The minimum absolute atomic E-state index is 0.0337. The Morgan fingerprint density at radius 1 is 1.16 bits per heavy atom. The van der Waals surface area contributed by atoms with Gasteiger partial charge < -0.3 is 25.4 Å². The summed E-state index contributed by atoms with van der Waals surface area (Å²) in [6.07, 6.45) is 7.12. The number of nitrogen functional groups attached to an aromatic ring is 1. The molecule has 3 aliphatic heterocycles. The average molecular weight is 705 g/mol. The van der Waals surface area contributed by atoms with Gasteiger partial charge in [0.2, 0.25) is 0 Å². The van der Waals surface area contributed by atoms with Gasteiger partial charge in [-0.1, -0.05) is 0 Å². The van der Waals surface area contributed by atoms with Crippen molar-refractivity contribution in [1.82, 2.24) is 24.8 Å². The number of rotatable bonds is 9. The third kappa shape index (κ3) is 5.93. The van der Waals surface area contributed by atoms with Crippen LogP contribution in [-0.4, -0.2) is 93.9 Å². The Bertz CT molecular complexity index is 2020. The molecule has 1 aliphatic carbocycles. The summed E-state index contributed by atoms with van der Waals surface area (Å²) in [6.45, 7) is 6.64. The molecule has 2 bridgehead atoms. The molecule has 262 valence electrons. The number of piperidine rings is 1. The molecule has 0 spiro atoms. The van der Waals surface area contributed by atoms with Crippen LogP contribution in [0.15, 0.2) is 30.2 Å². The van der Waals surface area contributed by atoms with E-state index in [-0.39, 0.29) is 60.9 Å². The maximum Gasteiger partial charge on any atom is 0.319 e. The molecule has 4 fully saturated rings. The zero-order chi connectivity index (χ0) is 34.7. The molecular formula is C36H39F3N8O2S. The molecular weight excluding hydrogens is 666 g/mol. The van der Waals surface area contributed by atoms with Gasteiger partial charge in [-0.05, 0) is 63.2 Å². The zero-order valence-corrected chi connectivity index (χ0v) is 28.7. The average Bonchev–Trinajstić information content (AvgIpc) is 3.70. The van der Waals surface area contributed by atoms with Crippen LogP contribution in [0.3, 0.4) is 0 Å². The second-order valence-corrected chi connectivity index (χ2v) is 15.5. The van der Waals surface area contributed by atoms with Gasteiger partial charge in [0.1, 0.15) is 33.9 Å². The van der Waals surface area contributed by atoms with Crippen molar-refractivity contribution in [2.24, 2.45) is 5.41 Å². The van der Waals surface area contributed by atoms with Crippen molar-refractivity contribution in [3.8, 4) is 23.3 Å². The summed E-state index contributed by atoms with van der Waals surface area (Å²) in [5.74, 6) is -0.712. The molecule has 4 aliphatic rings. The first kappa shape index (κ1) is 33.1. The molecule has 0 radical (unpaired) electrons. The molecule has 10 nitrogen and oxygen atoms in total. The van der Waals surface area contributed by atoms with E-state index in [1.54, 1.807) is 13.1 Å². The molecule has 50 heavy (non-hydrogen) atoms. The van der Waals surface area contributed by atoms with Crippen LogP contribution in [0.4, 0.5) is 24.0 Å². The van der Waals surface area contributed by atoms with E-state index < -0.39 is 17.7 Å². The van der Waals surface area contributed by atoms with Crippen LogP contribution < -0.4 is 15.4 Å². The summed E-state index contributed by atoms with van der Waals surface area (Å²) in [4.78, 5) is 21.0. The largest absolute Gasteiger partial charge is 0.463 e. The highest BCUT2D eigenvalue weighted by Crippen LogP contribution is 2.48. The standard InChI is InChI=1S/C36H39F3N8O2S/c1-20(48)15-46-16-22-2-3-23(17-46)47(22)34-26-14-42-30(24-4-5-27(38)32-28(24)25(13-40)33(41)50-32)29(39)31(26)43-35(44-34)49-19-36(8-9-36)18-45-10-6-21(12-37)7-11-45/h4-5,12,14,20,22-23,48H,2-3,6-11,15-19,41H2,1H3/t20-,22?,23?/m1/s1. The van der Waals surface area contributed by atoms with E-state index in [9.17, 15) is 19.1 Å². The highest BCUT2D eigenvalue weighted by molar-refractivity contribution is 7.23. The highest BCUT2D eigenvalue weighted by Gasteiger charge is 2.46. The summed E-state index contributed by atoms with van der Waals surface area (Å²) in [7, 11) is 0. The first-order chi connectivity index (χ1) is 24.2. The van der Waals surface area contributed by atoms with E-state index >= 15 is 4.39 Å². The van der Waals surface area contributed by atoms with Gasteiger partial charge >= 0.3 is 6.01 Å². The van der Waals surface area contributed by atoms with Crippen LogP contribution in [0.1, 0.15) is 51.0 Å². The number of piperazine rings is 1. The number of aliphatic hydroxyl groups excluding tert-OH is 1. The van der Waals surface area contributed by atoms with Crippen molar-refractivity contribution in [2.45, 2.75) is 63.6 Å². The number of nitrogens with zero attached hydrogens (tertiary/aromatic N) is 7. The van der Waals surface area contributed by atoms with E-state index in [1.165, 1.54) is 12.1 Å². The zero-order valence-electron chi connectivity index (χ0n) is 27.8. The van der Waals surface area contributed by atoms with Crippen molar-refractivity contribution < 1.29 is 23.0 Å². The lowest BCUT2D eigenvalue weighted by molar-refractivity contribution is 0.111. The van der Waals surface area contributed by atoms with Crippen LogP contribution in [0.2, 0.25) is 0 Å². The number of benzene rings is 1. The third-order valence-corrected chi connectivity index (χ3v) is 11.9. The normalized spacial score (nSPS) is 22.6. The fraction of sp³-hybridized carbons (Fsp3) is 0.500. The van der Waals surface area contributed by atoms with Crippen LogP contribution >= 0.6 is 11.3 Å². The lowest BCUT2D eigenvalue weighted by Gasteiger charge is -2.42. The number of aliphatic hydroxyl groups is 1. The maximum absolute atomic E-state index is 16.9. The minimum atomic E-state index is -0.719. The molecule has 3 N–H and O–H groups in total. The van der Waals surface area contributed by atoms with Gasteiger partial charge in [-0.15, -0.1) is 11.3 Å². The fourth-order valence-electron chi connectivity index (χ4n) is 8.15. The number of hydrogen-bond acceptors (Lipinski definition) is 11. The Morgan fingerprint density at radius 3 is 2.56 bits per heavy atom. The second-order valence-electron chi connectivity index (χ2n) is 14.5. The number of ether oxygens (including phenoxy) is 1. The van der Waals surface area contributed by atoms with Gasteiger partial charge in [-0.2, -0.15) is 15.2 Å². The molecule has 1 aromatic carbocycles. The first-order valence-corrected chi connectivity index (χ1v) is 18.1. The van der Waals surface area contributed by atoms with Crippen molar-refractivity contribution in [3.63, 3.8) is 0 Å². The summed E-state index contributed by atoms with van der Waals surface area (Å²) in [5.41, 5.74) is 7.16. The van der Waals surface area contributed by atoms with E-state index in [0.717, 1.165) is 94.5 Å². The lowest BCUT2D eigenvalue weighted by atomic mass is 10.0. The Balaban J connectivity index is 1.18. The molecule has 0 amide bonds. The van der Waals surface area contributed by atoms with Crippen LogP contribution in [0.25, 0.3) is 32.2 Å². The quantitative estimate of drug-likeness (QED) is 0.221. The van der Waals surface area contributed by atoms with E-state index in [1.807, 2.05) is 0 Å². The number of likely N-dealkylation sites (tertiary alicyclic amines) is 2. The number of nitriles is 1. The number of thiophene rings is 1. The Kier molecular flexibility index (Phi) is 8.57. The van der Waals surface area contributed by atoms with Gasteiger partial charge in [0.25, 0.3) is 0 Å². The van der Waals surface area contributed by atoms with Gasteiger partial charge in [0.15, 0.2) is 5.82 Å². The molecule has 2 unspecified atom stereocenters. The molecule has 4 aromatic rings. The van der Waals surface area contributed by atoms with Gasteiger partial charge in [0, 0.05) is 73.9 Å². The van der Waals surface area contributed by atoms with Crippen LogP contribution in [0, 0.1) is 28.4 Å². The van der Waals surface area contributed by atoms with Gasteiger partial charge in [0.05, 0.1) is 34.7 Å². The summed E-state index contributed by atoms with van der Waals surface area (Å²) in [5, 5.41) is 20.8. The Labute approximate surface area is 292 Å². The summed E-state index contributed by atoms with van der Waals surface area (Å²) in [6, 6.07) is 4.98. The van der Waals surface area contributed by atoms with Crippen molar-refractivity contribution in [2.75, 3.05) is 56.5 Å². The SMILES string of the molecule is C[C@@H](O)CN1CC2CCC(C1)N2c1nc(OCC2(CN3CCC(=CF)CC3)CC2)nc2c(F)c(-c3ccc(F)c4sc(N)c(C#N)c34)ncc12. The molecule has 3 atom stereocenters. The predicted molar refractivity (Wildman–Crippen MR) is 187 cm³/mol. The third-order valence-electron chi connectivity index (χ3n) is 10.8. The molecule has 3 saturated heterocycles. The fourth-order valence-corrected chi connectivity index (χ4v) is 9.10. The smallest absolute Gasteiger partial charge is 0.319 e. The summed E-state index contributed by atoms with van der Waals surface area (Å²) >= 11 is 0.947. The minimum Gasteiger partial charge on any atom is -0.463 e. The number of halogens is 3. The number of fused-ring (bicyclic) bond motifs is 4. The van der Waals surface area contributed by atoms with Crippen molar-refractivity contribution >= 4 is 43.1 Å². The molecule has 1 saturated carbocycles.